The summed E-state index contributed by atoms with van der Waals surface area (Å²) in [5, 5.41) is 5.77. The van der Waals surface area contributed by atoms with E-state index in [1.807, 2.05) is 31.4 Å². The van der Waals surface area contributed by atoms with Crippen LogP contribution in [0, 0.1) is 0 Å². The van der Waals surface area contributed by atoms with E-state index in [0.717, 1.165) is 22.0 Å². The fourth-order valence-electron chi connectivity index (χ4n) is 2.34. The summed E-state index contributed by atoms with van der Waals surface area (Å²) in [6.07, 6.45) is 4.16. The molecule has 0 saturated carbocycles. The fourth-order valence-corrected chi connectivity index (χ4v) is 3.18. The summed E-state index contributed by atoms with van der Waals surface area (Å²) in [5.74, 6) is 0.0263. The van der Waals surface area contributed by atoms with E-state index < -0.39 is 0 Å². The first-order valence-corrected chi connectivity index (χ1v) is 9.18. The van der Waals surface area contributed by atoms with Gasteiger partial charge in [0, 0.05) is 42.0 Å². The second-order valence-corrected chi connectivity index (χ2v) is 6.94. The van der Waals surface area contributed by atoms with Crippen molar-refractivity contribution >= 4 is 23.2 Å². The van der Waals surface area contributed by atoms with Crippen molar-refractivity contribution in [3.8, 4) is 10.6 Å². The molecule has 0 unspecified atom stereocenters. The Morgan fingerprint density at radius 1 is 1.31 bits per heavy atom. The minimum Gasteiger partial charge on any atom is -0.368 e. The standard InChI is InChI=1S/C18H20N6OS/c1-11(2)14-8-15(24-18(19)23-14)16(25)21-7-5-13-10-26-17(22-13)12-4-3-6-20-9-12/h3-4,6,8-11H,5,7H2,1-2H3,(H,21,25)(H2,19,23,24). The van der Waals surface area contributed by atoms with Crippen LogP contribution in [0.25, 0.3) is 10.6 Å². The Morgan fingerprint density at radius 2 is 2.15 bits per heavy atom. The van der Waals surface area contributed by atoms with Gasteiger partial charge in [-0.3, -0.25) is 9.78 Å². The highest BCUT2D eigenvalue weighted by Gasteiger charge is 2.12. The topological polar surface area (TPSA) is 107 Å². The number of carbonyl (C=O) groups excluding carboxylic acids is 1. The highest BCUT2D eigenvalue weighted by Crippen LogP contribution is 2.22. The molecule has 0 aliphatic carbocycles. The van der Waals surface area contributed by atoms with E-state index in [1.165, 1.54) is 0 Å². The minimum absolute atomic E-state index is 0.113. The maximum Gasteiger partial charge on any atom is 0.270 e. The highest BCUT2D eigenvalue weighted by atomic mass is 32.1. The first kappa shape index (κ1) is 17.9. The van der Waals surface area contributed by atoms with Gasteiger partial charge in [-0.1, -0.05) is 13.8 Å². The van der Waals surface area contributed by atoms with Gasteiger partial charge in [-0.05, 0) is 24.1 Å². The lowest BCUT2D eigenvalue weighted by molar-refractivity contribution is 0.0949. The van der Waals surface area contributed by atoms with Gasteiger partial charge in [0.1, 0.15) is 10.7 Å². The highest BCUT2D eigenvalue weighted by molar-refractivity contribution is 7.13. The van der Waals surface area contributed by atoms with Crippen molar-refractivity contribution in [3.05, 3.63) is 53.1 Å². The van der Waals surface area contributed by atoms with Crippen LogP contribution >= 0.6 is 11.3 Å². The molecule has 3 aromatic heterocycles. The van der Waals surface area contributed by atoms with Crippen molar-refractivity contribution in [3.63, 3.8) is 0 Å². The first-order valence-electron chi connectivity index (χ1n) is 8.30. The second-order valence-electron chi connectivity index (χ2n) is 6.08. The molecule has 0 spiro atoms. The number of hydrogen-bond acceptors (Lipinski definition) is 7. The molecule has 7 nitrogen and oxygen atoms in total. The van der Waals surface area contributed by atoms with E-state index in [2.05, 4.69) is 25.3 Å². The van der Waals surface area contributed by atoms with E-state index in [1.54, 1.807) is 29.8 Å². The molecule has 3 aromatic rings. The quantitative estimate of drug-likeness (QED) is 0.693. The largest absolute Gasteiger partial charge is 0.368 e. The molecule has 3 heterocycles. The number of thiazole rings is 1. The van der Waals surface area contributed by atoms with Crippen molar-refractivity contribution in [2.75, 3.05) is 12.3 Å². The molecule has 0 aliphatic rings. The molecular formula is C18H20N6OS. The van der Waals surface area contributed by atoms with Crippen LogP contribution in [0.2, 0.25) is 0 Å². The fraction of sp³-hybridized carbons (Fsp3) is 0.278. The van der Waals surface area contributed by atoms with Gasteiger partial charge in [-0.25, -0.2) is 15.0 Å². The van der Waals surface area contributed by atoms with Crippen LogP contribution in [-0.4, -0.2) is 32.4 Å². The summed E-state index contributed by atoms with van der Waals surface area (Å²) in [7, 11) is 0. The average Bonchev–Trinajstić information content (AvgIpc) is 3.10. The van der Waals surface area contributed by atoms with Gasteiger partial charge in [0.25, 0.3) is 5.91 Å². The van der Waals surface area contributed by atoms with Gasteiger partial charge in [0.05, 0.1) is 5.69 Å². The number of nitrogens with zero attached hydrogens (tertiary/aromatic N) is 4. The second kappa shape index (κ2) is 8.01. The van der Waals surface area contributed by atoms with Crippen LogP contribution in [0.4, 0.5) is 5.95 Å². The van der Waals surface area contributed by atoms with E-state index in [-0.39, 0.29) is 23.5 Å². The summed E-state index contributed by atoms with van der Waals surface area (Å²) in [6, 6.07) is 5.54. The summed E-state index contributed by atoms with van der Waals surface area (Å²) in [5.41, 5.74) is 8.66. The summed E-state index contributed by atoms with van der Waals surface area (Å²) in [6.45, 7) is 4.45. The maximum absolute atomic E-state index is 12.3. The Morgan fingerprint density at radius 3 is 2.88 bits per heavy atom. The Hall–Kier alpha value is -2.87. The van der Waals surface area contributed by atoms with Crippen LogP contribution in [0.1, 0.15) is 41.6 Å². The molecule has 3 N–H and O–H groups in total. The number of anilines is 1. The van der Waals surface area contributed by atoms with Crippen LogP contribution in [-0.2, 0) is 6.42 Å². The number of nitrogen functional groups attached to an aromatic ring is 1. The summed E-state index contributed by atoms with van der Waals surface area (Å²) >= 11 is 1.56. The lowest BCUT2D eigenvalue weighted by atomic mass is 10.1. The van der Waals surface area contributed by atoms with Crippen LogP contribution in [0.3, 0.4) is 0 Å². The zero-order valence-corrected chi connectivity index (χ0v) is 15.5. The Balaban J connectivity index is 1.58. The van der Waals surface area contributed by atoms with Crippen LogP contribution < -0.4 is 11.1 Å². The van der Waals surface area contributed by atoms with Gasteiger partial charge < -0.3 is 11.1 Å². The third-order valence-corrected chi connectivity index (χ3v) is 4.65. The van der Waals surface area contributed by atoms with E-state index in [0.29, 0.717) is 13.0 Å². The number of nitrogens with one attached hydrogen (secondary N) is 1. The van der Waals surface area contributed by atoms with Gasteiger partial charge in [-0.2, -0.15) is 0 Å². The predicted molar refractivity (Wildman–Crippen MR) is 102 cm³/mol. The van der Waals surface area contributed by atoms with Crippen molar-refractivity contribution in [1.82, 2.24) is 25.3 Å². The average molecular weight is 368 g/mol. The van der Waals surface area contributed by atoms with Crippen LogP contribution in [0.15, 0.2) is 36.0 Å². The Bertz CT molecular complexity index is 894. The molecule has 1 amide bonds. The SMILES string of the molecule is CC(C)c1cc(C(=O)NCCc2csc(-c3cccnc3)n2)nc(N)n1. The molecular weight excluding hydrogens is 348 g/mol. The number of carbonyl (C=O) groups is 1. The molecule has 0 aliphatic heterocycles. The van der Waals surface area contributed by atoms with E-state index in [9.17, 15) is 4.79 Å². The van der Waals surface area contributed by atoms with Crippen molar-refractivity contribution < 1.29 is 4.79 Å². The molecule has 26 heavy (non-hydrogen) atoms. The molecule has 3 rings (SSSR count). The van der Waals surface area contributed by atoms with E-state index in [4.69, 9.17) is 5.73 Å². The summed E-state index contributed by atoms with van der Waals surface area (Å²) < 4.78 is 0. The zero-order valence-electron chi connectivity index (χ0n) is 14.6. The lowest BCUT2D eigenvalue weighted by Gasteiger charge is -2.08. The van der Waals surface area contributed by atoms with Crippen molar-refractivity contribution in [1.29, 1.82) is 0 Å². The third-order valence-electron chi connectivity index (χ3n) is 3.71. The normalized spacial score (nSPS) is 10.9. The van der Waals surface area contributed by atoms with Crippen LogP contribution in [0.5, 0.6) is 0 Å². The lowest BCUT2D eigenvalue weighted by Crippen LogP contribution is -2.27. The zero-order chi connectivity index (χ0) is 18.5. The molecule has 0 fully saturated rings. The molecule has 0 bridgehead atoms. The summed E-state index contributed by atoms with van der Waals surface area (Å²) in [4.78, 5) is 29.2. The minimum atomic E-state index is -0.260. The van der Waals surface area contributed by atoms with Gasteiger partial charge in [0.15, 0.2) is 0 Å². The number of aromatic nitrogens is 4. The van der Waals surface area contributed by atoms with Gasteiger partial charge >= 0.3 is 0 Å². The molecule has 0 radical (unpaired) electrons. The number of hydrogen-bond donors (Lipinski definition) is 2. The Kier molecular flexibility index (Phi) is 5.52. The number of nitrogens with two attached hydrogens (primary N) is 1. The van der Waals surface area contributed by atoms with Crippen molar-refractivity contribution in [2.45, 2.75) is 26.2 Å². The molecule has 0 atom stereocenters. The first-order chi connectivity index (χ1) is 12.5. The van der Waals surface area contributed by atoms with Crippen molar-refractivity contribution in [2.24, 2.45) is 0 Å². The predicted octanol–water partition coefficient (Wildman–Crippen LogP) is 2.67. The number of pyridine rings is 1. The van der Waals surface area contributed by atoms with E-state index >= 15 is 0 Å². The van der Waals surface area contributed by atoms with Gasteiger partial charge in [-0.15, -0.1) is 11.3 Å². The monoisotopic (exact) mass is 368 g/mol. The van der Waals surface area contributed by atoms with Gasteiger partial charge in [0.2, 0.25) is 5.95 Å². The smallest absolute Gasteiger partial charge is 0.270 e. The number of amides is 1. The Labute approximate surface area is 155 Å². The molecule has 8 heteroatoms. The number of rotatable bonds is 6. The molecule has 0 saturated heterocycles. The third kappa shape index (κ3) is 4.40. The maximum atomic E-state index is 12.3. The molecule has 0 aromatic carbocycles. The molecule has 134 valence electrons.